The smallest absolute Gasteiger partial charge is 0.171 e. The van der Waals surface area contributed by atoms with Crippen LogP contribution in [0.5, 0.6) is 0 Å². The lowest BCUT2D eigenvalue weighted by atomic mass is 9.98. The van der Waals surface area contributed by atoms with Crippen molar-refractivity contribution in [1.29, 1.82) is 0 Å². The summed E-state index contributed by atoms with van der Waals surface area (Å²) < 4.78 is 26.6. The second-order valence-electron chi connectivity index (χ2n) is 5.58. The predicted molar refractivity (Wildman–Crippen MR) is 81.6 cm³/mol. The molecule has 1 atom stereocenters. The topological polar surface area (TPSA) is 20.3 Å². The van der Waals surface area contributed by atoms with Crippen LogP contribution in [0.3, 0.4) is 0 Å². The number of carbonyl (C=O) groups is 1. The molecule has 0 aliphatic carbocycles. The molecule has 1 saturated heterocycles. The number of ketones is 1. The molecule has 0 amide bonds. The molecule has 114 valence electrons. The summed E-state index contributed by atoms with van der Waals surface area (Å²) in [5, 5.41) is 0. The Kier molecular flexibility index (Phi) is 4.29. The van der Waals surface area contributed by atoms with E-state index >= 15 is 0 Å². The number of piperidine rings is 1. The average Bonchev–Trinajstić information content (AvgIpc) is 2.52. The summed E-state index contributed by atoms with van der Waals surface area (Å²) in [4.78, 5) is 13.2. The van der Waals surface area contributed by atoms with E-state index in [0.29, 0.717) is 13.1 Å². The van der Waals surface area contributed by atoms with E-state index in [1.807, 2.05) is 29.2 Å². The van der Waals surface area contributed by atoms with Gasteiger partial charge in [-0.1, -0.05) is 36.4 Å². The zero-order valence-electron chi connectivity index (χ0n) is 12.1. The molecule has 0 saturated carbocycles. The molecule has 0 bridgehead atoms. The van der Waals surface area contributed by atoms with Gasteiger partial charge in [-0.05, 0) is 28.8 Å². The second kappa shape index (κ2) is 6.36. The van der Waals surface area contributed by atoms with Crippen molar-refractivity contribution in [2.24, 2.45) is 0 Å². The Balaban J connectivity index is 1.82. The molecule has 4 heteroatoms. The van der Waals surface area contributed by atoms with Crippen LogP contribution in [0.15, 0.2) is 48.5 Å². The zero-order chi connectivity index (χ0) is 15.5. The highest BCUT2D eigenvalue weighted by Crippen LogP contribution is 2.26. The third-order valence-corrected chi connectivity index (χ3v) is 4.01. The summed E-state index contributed by atoms with van der Waals surface area (Å²) in [5.74, 6) is -0.570. The number of alkyl halides is 1. The highest BCUT2D eigenvalue weighted by molar-refractivity contribution is 5.84. The summed E-state index contributed by atoms with van der Waals surface area (Å²) in [7, 11) is 0. The Morgan fingerprint density at radius 2 is 1.82 bits per heavy atom. The van der Waals surface area contributed by atoms with Crippen LogP contribution in [-0.2, 0) is 11.3 Å². The minimum Gasteiger partial charge on any atom is -0.296 e. The van der Waals surface area contributed by atoms with E-state index in [-0.39, 0.29) is 24.6 Å². The molecule has 22 heavy (non-hydrogen) atoms. The van der Waals surface area contributed by atoms with E-state index < -0.39 is 6.17 Å². The van der Waals surface area contributed by atoms with Crippen LogP contribution in [0.4, 0.5) is 8.78 Å². The lowest BCUT2D eigenvalue weighted by Gasteiger charge is -2.28. The van der Waals surface area contributed by atoms with Crippen LogP contribution in [0, 0.1) is 5.82 Å². The Bertz CT molecular complexity index is 669. The summed E-state index contributed by atoms with van der Waals surface area (Å²) in [6, 6.07) is 14.2. The maximum Gasteiger partial charge on any atom is 0.171 e. The molecule has 1 unspecified atom stereocenters. The second-order valence-corrected chi connectivity index (χ2v) is 5.58. The molecule has 1 aliphatic rings. The zero-order valence-corrected chi connectivity index (χ0v) is 12.1. The van der Waals surface area contributed by atoms with Gasteiger partial charge in [0.1, 0.15) is 5.82 Å². The molecule has 1 heterocycles. The number of carbonyl (C=O) groups excluding carboxylic acids is 1. The fraction of sp³-hybridized carbons (Fsp3) is 0.278. The number of hydrogen-bond donors (Lipinski definition) is 0. The standard InChI is InChI=1S/C18H17F2NO/c19-15-7-5-13(6-8-15)16-4-2-1-3-14(16)11-21-10-9-18(22)17(20)12-21/h1-8,17H,9-12H2. The molecular weight excluding hydrogens is 284 g/mol. The monoisotopic (exact) mass is 301 g/mol. The van der Waals surface area contributed by atoms with Crippen molar-refractivity contribution in [2.45, 2.75) is 19.1 Å². The first-order valence-electron chi connectivity index (χ1n) is 7.36. The van der Waals surface area contributed by atoms with Crippen molar-refractivity contribution in [2.75, 3.05) is 13.1 Å². The van der Waals surface area contributed by atoms with Crippen LogP contribution in [0.2, 0.25) is 0 Å². The van der Waals surface area contributed by atoms with Crippen LogP contribution in [0.25, 0.3) is 11.1 Å². The van der Waals surface area contributed by atoms with Gasteiger partial charge in [0.15, 0.2) is 12.0 Å². The number of rotatable bonds is 3. The Labute approximate surface area is 128 Å². The van der Waals surface area contributed by atoms with E-state index in [9.17, 15) is 13.6 Å². The maximum atomic E-state index is 13.6. The minimum atomic E-state index is -1.38. The van der Waals surface area contributed by atoms with Crippen molar-refractivity contribution in [3.05, 3.63) is 59.9 Å². The van der Waals surface area contributed by atoms with Gasteiger partial charge in [0.2, 0.25) is 0 Å². The third kappa shape index (κ3) is 3.22. The van der Waals surface area contributed by atoms with Crippen molar-refractivity contribution < 1.29 is 13.6 Å². The van der Waals surface area contributed by atoms with Gasteiger partial charge < -0.3 is 0 Å². The lowest BCUT2D eigenvalue weighted by molar-refractivity contribution is -0.127. The van der Waals surface area contributed by atoms with Crippen molar-refractivity contribution >= 4 is 5.78 Å². The Morgan fingerprint density at radius 3 is 2.55 bits per heavy atom. The van der Waals surface area contributed by atoms with Gasteiger partial charge in [0.05, 0.1) is 0 Å². The quantitative estimate of drug-likeness (QED) is 0.863. The highest BCUT2D eigenvalue weighted by atomic mass is 19.1. The lowest BCUT2D eigenvalue weighted by Crippen LogP contribution is -2.41. The van der Waals surface area contributed by atoms with Gasteiger partial charge in [0, 0.05) is 26.1 Å². The van der Waals surface area contributed by atoms with Gasteiger partial charge in [0.25, 0.3) is 0 Å². The first-order chi connectivity index (χ1) is 10.6. The molecule has 2 nitrogen and oxygen atoms in total. The maximum absolute atomic E-state index is 13.6. The van der Waals surface area contributed by atoms with Crippen LogP contribution in [-0.4, -0.2) is 29.9 Å². The van der Waals surface area contributed by atoms with Crippen molar-refractivity contribution in [3.8, 4) is 11.1 Å². The highest BCUT2D eigenvalue weighted by Gasteiger charge is 2.26. The third-order valence-electron chi connectivity index (χ3n) is 4.01. The molecule has 0 aromatic heterocycles. The van der Waals surface area contributed by atoms with Gasteiger partial charge in [-0.2, -0.15) is 0 Å². The number of hydrogen-bond acceptors (Lipinski definition) is 2. The van der Waals surface area contributed by atoms with Gasteiger partial charge in [-0.25, -0.2) is 8.78 Å². The molecule has 1 aliphatic heterocycles. The molecule has 0 radical (unpaired) electrons. The van der Waals surface area contributed by atoms with Crippen LogP contribution < -0.4 is 0 Å². The molecule has 3 rings (SSSR count). The summed E-state index contributed by atoms with van der Waals surface area (Å²) >= 11 is 0. The fourth-order valence-electron chi connectivity index (χ4n) is 2.80. The first kappa shape index (κ1) is 14.9. The number of halogens is 2. The number of likely N-dealkylation sites (tertiary alicyclic amines) is 1. The summed E-state index contributed by atoms with van der Waals surface area (Å²) in [5.41, 5.74) is 2.99. The normalized spacial score (nSPS) is 19.4. The minimum absolute atomic E-state index is 0.149. The van der Waals surface area contributed by atoms with E-state index in [2.05, 4.69) is 0 Å². The number of benzene rings is 2. The molecule has 0 spiro atoms. The largest absolute Gasteiger partial charge is 0.296 e. The van der Waals surface area contributed by atoms with Crippen molar-refractivity contribution in [1.82, 2.24) is 4.90 Å². The van der Waals surface area contributed by atoms with Crippen molar-refractivity contribution in [3.63, 3.8) is 0 Å². The Hall–Kier alpha value is -2.07. The van der Waals surface area contributed by atoms with E-state index in [0.717, 1.165) is 16.7 Å². The molecule has 1 fully saturated rings. The SMILES string of the molecule is O=C1CCN(Cc2ccccc2-c2ccc(F)cc2)CC1F. The first-order valence-corrected chi connectivity index (χ1v) is 7.36. The number of Topliss-reactive ketones (excluding diaryl/α,β-unsaturated/α-hetero) is 1. The van der Waals surface area contributed by atoms with Crippen LogP contribution in [0.1, 0.15) is 12.0 Å². The van der Waals surface area contributed by atoms with E-state index in [4.69, 9.17) is 0 Å². The number of nitrogens with zero attached hydrogens (tertiary/aromatic N) is 1. The molecule has 2 aromatic rings. The van der Waals surface area contributed by atoms with Gasteiger partial charge in [-0.15, -0.1) is 0 Å². The average molecular weight is 301 g/mol. The summed E-state index contributed by atoms with van der Waals surface area (Å²) in [6.45, 7) is 1.31. The summed E-state index contributed by atoms with van der Waals surface area (Å²) in [6.07, 6.45) is -1.12. The van der Waals surface area contributed by atoms with Gasteiger partial charge >= 0.3 is 0 Å². The predicted octanol–water partition coefficient (Wildman–Crippen LogP) is 3.61. The van der Waals surface area contributed by atoms with Gasteiger partial charge in [-0.3, -0.25) is 9.69 Å². The van der Waals surface area contributed by atoms with E-state index in [1.165, 1.54) is 12.1 Å². The van der Waals surface area contributed by atoms with Crippen LogP contribution >= 0.6 is 0 Å². The molecular formula is C18H17F2NO. The van der Waals surface area contributed by atoms with E-state index in [1.54, 1.807) is 12.1 Å². The fourth-order valence-corrected chi connectivity index (χ4v) is 2.80. The Morgan fingerprint density at radius 1 is 1.09 bits per heavy atom. The molecule has 0 N–H and O–H groups in total. The molecule has 2 aromatic carbocycles.